The SMILES string of the molecule is CC(=O)C=Cc1cccc([N+](=O)[O-])c1. The Morgan fingerprint density at radius 2 is 2.21 bits per heavy atom. The van der Waals surface area contributed by atoms with Crippen LogP contribution in [0.25, 0.3) is 6.08 Å². The predicted octanol–water partition coefficient (Wildman–Crippen LogP) is 2.20. The fraction of sp³-hybridized carbons (Fsp3) is 0.100. The third-order valence-electron chi connectivity index (χ3n) is 1.59. The van der Waals surface area contributed by atoms with E-state index in [1.807, 2.05) is 0 Å². The molecule has 1 aromatic rings. The van der Waals surface area contributed by atoms with E-state index in [0.29, 0.717) is 5.56 Å². The summed E-state index contributed by atoms with van der Waals surface area (Å²) in [5.74, 6) is -0.0866. The van der Waals surface area contributed by atoms with Gasteiger partial charge in [-0.1, -0.05) is 18.2 Å². The average molecular weight is 191 g/mol. The first-order chi connectivity index (χ1) is 6.59. The van der Waals surface area contributed by atoms with Crippen LogP contribution in [0.15, 0.2) is 30.3 Å². The maximum Gasteiger partial charge on any atom is 0.270 e. The lowest BCUT2D eigenvalue weighted by Crippen LogP contribution is -1.87. The molecule has 0 unspecified atom stereocenters. The Bertz CT molecular complexity index is 396. The minimum Gasteiger partial charge on any atom is -0.295 e. The second-order valence-corrected chi connectivity index (χ2v) is 2.80. The molecule has 4 nitrogen and oxygen atoms in total. The smallest absolute Gasteiger partial charge is 0.270 e. The Morgan fingerprint density at radius 1 is 1.50 bits per heavy atom. The monoisotopic (exact) mass is 191 g/mol. The number of benzene rings is 1. The fourth-order valence-corrected chi connectivity index (χ4v) is 0.956. The van der Waals surface area contributed by atoms with Crippen LogP contribution in [0.1, 0.15) is 12.5 Å². The van der Waals surface area contributed by atoms with Crippen molar-refractivity contribution < 1.29 is 9.72 Å². The number of hydrogen-bond donors (Lipinski definition) is 0. The van der Waals surface area contributed by atoms with Crippen molar-refractivity contribution in [1.29, 1.82) is 0 Å². The maximum absolute atomic E-state index is 10.6. The van der Waals surface area contributed by atoms with Gasteiger partial charge in [0.05, 0.1) is 4.92 Å². The number of allylic oxidation sites excluding steroid dienone is 1. The van der Waals surface area contributed by atoms with Gasteiger partial charge in [-0.05, 0) is 18.6 Å². The highest BCUT2D eigenvalue weighted by Gasteiger charge is 2.03. The number of nitrogens with zero attached hydrogens (tertiary/aromatic N) is 1. The molecule has 0 atom stereocenters. The minimum atomic E-state index is -0.467. The molecule has 72 valence electrons. The van der Waals surface area contributed by atoms with Crippen LogP contribution >= 0.6 is 0 Å². The first-order valence-corrected chi connectivity index (χ1v) is 4.02. The number of carbonyl (C=O) groups excluding carboxylic acids is 1. The number of rotatable bonds is 3. The molecular formula is C10H9NO3. The summed E-state index contributed by atoms with van der Waals surface area (Å²) in [5.41, 5.74) is 0.671. The van der Waals surface area contributed by atoms with E-state index in [9.17, 15) is 14.9 Å². The highest BCUT2D eigenvalue weighted by atomic mass is 16.6. The Labute approximate surface area is 81.0 Å². The van der Waals surface area contributed by atoms with Crippen LogP contribution in [0.3, 0.4) is 0 Å². The van der Waals surface area contributed by atoms with Crippen LogP contribution in [-0.4, -0.2) is 10.7 Å². The lowest BCUT2D eigenvalue weighted by Gasteiger charge is -1.93. The number of carbonyl (C=O) groups is 1. The summed E-state index contributed by atoms with van der Waals surface area (Å²) < 4.78 is 0. The van der Waals surface area contributed by atoms with E-state index in [2.05, 4.69) is 0 Å². The fourth-order valence-electron chi connectivity index (χ4n) is 0.956. The van der Waals surface area contributed by atoms with E-state index in [4.69, 9.17) is 0 Å². The highest BCUT2D eigenvalue weighted by molar-refractivity contribution is 5.91. The molecule has 0 radical (unpaired) electrons. The number of non-ortho nitro benzene ring substituents is 1. The van der Waals surface area contributed by atoms with Crippen LogP contribution in [-0.2, 0) is 4.79 Å². The van der Waals surface area contributed by atoms with Crippen LogP contribution in [0, 0.1) is 10.1 Å². The van der Waals surface area contributed by atoms with Gasteiger partial charge in [-0.25, -0.2) is 0 Å². The number of nitro benzene ring substituents is 1. The van der Waals surface area contributed by atoms with Gasteiger partial charge in [-0.2, -0.15) is 0 Å². The molecule has 0 aliphatic rings. The standard InChI is InChI=1S/C10H9NO3/c1-8(12)5-6-9-3-2-4-10(7-9)11(13)14/h2-7H,1H3. The van der Waals surface area contributed by atoms with Crippen molar-refractivity contribution in [2.24, 2.45) is 0 Å². The van der Waals surface area contributed by atoms with Crippen molar-refractivity contribution in [3.05, 3.63) is 46.0 Å². The lowest BCUT2D eigenvalue weighted by atomic mass is 10.2. The summed E-state index contributed by atoms with van der Waals surface area (Å²) in [7, 11) is 0. The molecule has 1 rings (SSSR count). The average Bonchev–Trinajstić information content (AvgIpc) is 2.15. The first-order valence-electron chi connectivity index (χ1n) is 4.02. The summed E-state index contributed by atoms with van der Waals surface area (Å²) in [5, 5.41) is 10.4. The van der Waals surface area contributed by atoms with E-state index in [0.717, 1.165) is 0 Å². The molecule has 1 aromatic carbocycles. The molecule has 0 aromatic heterocycles. The van der Waals surface area contributed by atoms with E-state index in [-0.39, 0.29) is 11.5 Å². The third-order valence-corrected chi connectivity index (χ3v) is 1.59. The molecule has 0 bridgehead atoms. The molecule has 0 amide bonds. The molecule has 0 N–H and O–H groups in total. The Morgan fingerprint density at radius 3 is 2.79 bits per heavy atom. The van der Waals surface area contributed by atoms with Crippen LogP contribution in [0.4, 0.5) is 5.69 Å². The normalized spacial score (nSPS) is 10.4. The number of nitro groups is 1. The Hall–Kier alpha value is -1.97. The number of ketones is 1. The predicted molar refractivity (Wildman–Crippen MR) is 52.8 cm³/mol. The largest absolute Gasteiger partial charge is 0.295 e. The van der Waals surface area contributed by atoms with Gasteiger partial charge in [0.15, 0.2) is 5.78 Å². The van der Waals surface area contributed by atoms with Gasteiger partial charge in [0.25, 0.3) is 5.69 Å². The third kappa shape index (κ3) is 2.82. The zero-order valence-electron chi connectivity index (χ0n) is 7.64. The second-order valence-electron chi connectivity index (χ2n) is 2.80. The molecule has 0 aliphatic heterocycles. The van der Waals surface area contributed by atoms with E-state index in [1.54, 1.807) is 18.2 Å². The van der Waals surface area contributed by atoms with E-state index in [1.165, 1.54) is 25.1 Å². The van der Waals surface area contributed by atoms with Crippen molar-refractivity contribution in [3.63, 3.8) is 0 Å². The zero-order chi connectivity index (χ0) is 10.6. The molecule has 0 heterocycles. The van der Waals surface area contributed by atoms with Gasteiger partial charge in [-0.3, -0.25) is 14.9 Å². The maximum atomic E-state index is 10.6. The molecular weight excluding hydrogens is 182 g/mol. The topological polar surface area (TPSA) is 60.2 Å². The highest BCUT2D eigenvalue weighted by Crippen LogP contribution is 2.13. The summed E-state index contributed by atoms with van der Waals surface area (Å²) in [6, 6.07) is 6.11. The Balaban J connectivity index is 2.94. The van der Waals surface area contributed by atoms with E-state index < -0.39 is 4.92 Å². The van der Waals surface area contributed by atoms with Gasteiger partial charge in [-0.15, -0.1) is 0 Å². The quantitative estimate of drug-likeness (QED) is 0.418. The van der Waals surface area contributed by atoms with Crippen molar-refractivity contribution in [2.75, 3.05) is 0 Å². The van der Waals surface area contributed by atoms with Crippen LogP contribution in [0.5, 0.6) is 0 Å². The van der Waals surface area contributed by atoms with Crippen molar-refractivity contribution in [2.45, 2.75) is 6.92 Å². The van der Waals surface area contributed by atoms with E-state index >= 15 is 0 Å². The van der Waals surface area contributed by atoms with Crippen molar-refractivity contribution >= 4 is 17.5 Å². The van der Waals surface area contributed by atoms with Gasteiger partial charge < -0.3 is 0 Å². The van der Waals surface area contributed by atoms with Gasteiger partial charge in [0.2, 0.25) is 0 Å². The first kappa shape index (κ1) is 10.1. The minimum absolute atomic E-state index is 0.0238. The summed E-state index contributed by atoms with van der Waals surface area (Å²) in [6.07, 6.45) is 2.92. The molecule has 0 saturated carbocycles. The second kappa shape index (κ2) is 4.32. The molecule has 0 saturated heterocycles. The van der Waals surface area contributed by atoms with Crippen LogP contribution < -0.4 is 0 Å². The van der Waals surface area contributed by atoms with Gasteiger partial charge >= 0.3 is 0 Å². The van der Waals surface area contributed by atoms with Crippen molar-refractivity contribution in [3.8, 4) is 0 Å². The molecule has 0 fully saturated rings. The summed E-state index contributed by atoms with van der Waals surface area (Å²) in [6.45, 7) is 1.42. The van der Waals surface area contributed by atoms with Crippen LogP contribution in [0.2, 0.25) is 0 Å². The number of hydrogen-bond acceptors (Lipinski definition) is 3. The van der Waals surface area contributed by atoms with Gasteiger partial charge in [0, 0.05) is 12.1 Å². The summed E-state index contributed by atoms with van der Waals surface area (Å²) >= 11 is 0. The zero-order valence-corrected chi connectivity index (χ0v) is 7.64. The molecule has 0 spiro atoms. The molecule has 4 heteroatoms. The molecule has 0 aliphatic carbocycles. The molecule has 14 heavy (non-hydrogen) atoms. The lowest BCUT2D eigenvalue weighted by molar-refractivity contribution is -0.384. The van der Waals surface area contributed by atoms with Gasteiger partial charge in [0.1, 0.15) is 0 Å². The summed E-state index contributed by atoms with van der Waals surface area (Å²) in [4.78, 5) is 20.6. The Kier molecular flexibility index (Phi) is 3.12. The van der Waals surface area contributed by atoms with Crippen molar-refractivity contribution in [1.82, 2.24) is 0 Å².